The van der Waals surface area contributed by atoms with Crippen molar-refractivity contribution >= 4 is 60.7 Å². The number of hydrogen-bond acceptors (Lipinski definition) is 9. The van der Waals surface area contributed by atoms with Crippen LogP contribution in [0, 0.1) is 17.6 Å². The number of halogens is 7. The fraction of sp³-hybridized carbons (Fsp3) is 0.405. The van der Waals surface area contributed by atoms with Gasteiger partial charge in [-0.15, -0.1) is 0 Å². The van der Waals surface area contributed by atoms with Crippen LogP contribution >= 0.6 is 11.6 Å². The molecule has 5 atom stereocenters. The SMILES string of the molecule is C[C@@H]1CN(c2ccc3c(=O)n(-c4ccc(Cl)c5c(NS(C)(=O)=O)nn(C)c45)c([C@@H](CC(=O)Cn4nc(C(F)F)c5c4C(F)(F)[C@@H]4C[C@H]54)Cc4cc(F)cc(F)c4)nc3c2)C[C@H](C)O1. The number of carbonyl (C=O) groups excluding carboxylic acids is 1. The van der Waals surface area contributed by atoms with Gasteiger partial charge in [-0.05, 0) is 80.6 Å². The monoisotopic (exact) mass is 916 g/mol. The standard InChI is InChI=1S/C42H39ClF6N8O5S/c1-19-16-55(17-20(2)62-19)25-5-6-27-31(14-25)50-40(57(41(27)59)32-8-7-30(43)34-36(32)54(3)52-39(34)53-63(4,60)61)22(9-21-10-23(44)13-24(45)11-21)12-26(58)18-56-37-33(35(51-56)38(46)47)28-15-29(28)42(37,48)49/h5-8,10-11,13-14,19-20,22,28-29,38H,9,12,15-18H2,1-4H3,(H,52,53)/t19-,20+,22-,28+,29-/m1/s1. The Hall–Kier alpha value is -5.47. The number of morpholine rings is 1. The number of sulfonamides is 1. The van der Waals surface area contributed by atoms with Crippen LogP contribution in [0.25, 0.3) is 27.5 Å². The van der Waals surface area contributed by atoms with Crippen LogP contribution in [-0.4, -0.2) is 74.9 Å². The normalized spacial score (nSPS) is 21.0. The van der Waals surface area contributed by atoms with E-state index in [2.05, 4.69) is 19.8 Å². The molecule has 13 nitrogen and oxygen atoms in total. The van der Waals surface area contributed by atoms with Crippen LogP contribution in [0.3, 0.4) is 0 Å². The van der Waals surface area contributed by atoms with Crippen molar-refractivity contribution in [2.45, 2.75) is 76.0 Å². The number of alkyl halides is 4. The third-order valence-electron chi connectivity index (χ3n) is 11.8. The Bertz CT molecular complexity index is 3020. The number of nitrogens with zero attached hydrogens (tertiary/aromatic N) is 7. The zero-order chi connectivity index (χ0) is 45.0. The van der Waals surface area contributed by atoms with Gasteiger partial charge < -0.3 is 9.64 Å². The lowest BCUT2D eigenvalue weighted by molar-refractivity contribution is -0.120. The number of Topliss-reactive ketones (excluding diaryl/α,β-unsaturated/α-hetero) is 1. The summed E-state index contributed by atoms with van der Waals surface area (Å²) >= 11 is 6.66. The first-order chi connectivity index (χ1) is 29.7. The first-order valence-corrected chi connectivity index (χ1v) is 22.3. The highest BCUT2D eigenvalue weighted by atomic mass is 35.5. The summed E-state index contributed by atoms with van der Waals surface area (Å²) in [5.41, 5.74) is -1.32. The molecular weight excluding hydrogens is 878 g/mol. The molecule has 0 bridgehead atoms. The average Bonchev–Trinajstić information content (AvgIpc) is 3.72. The quantitative estimate of drug-likeness (QED) is 0.123. The Balaban J connectivity index is 1.24. The fourth-order valence-electron chi connectivity index (χ4n) is 9.42. The van der Waals surface area contributed by atoms with Gasteiger partial charge in [-0.1, -0.05) is 11.6 Å². The van der Waals surface area contributed by atoms with E-state index in [1.54, 1.807) is 18.2 Å². The van der Waals surface area contributed by atoms with Gasteiger partial charge in [-0.2, -0.15) is 19.0 Å². The van der Waals surface area contributed by atoms with Crippen LogP contribution in [0.15, 0.2) is 53.3 Å². The minimum atomic E-state index is -3.90. The fourth-order valence-corrected chi connectivity index (χ4v) is 10.2. The molecule has 9 rings (SSSR count). The Kier molecular flexibility index (Phi) is 10.4. The van der Waals surface area contributed by atoms with E-state index in [4.69, 9.17) is 21.3 Å². The molecule has 0 unspecified atom stereocenters. The zero-order valence-corrected chi connectivity index (χ0v) is 35.6. The van der Waals surface area contributed by atoms with Crippen molar-refractivity contribution in [3.8, 4) is 5.69 Å². The lowest BCUT2D eigenvalue weighted by atomic mass is 9.92. The first kappa shape index (κ1) is 42.8. The molecule has 0 spiro atoms. The van der Waals surface area contributed by atoms with E-state index in [0.717, 1.165) is 18.4 Å². The number of ketones is 1. The Labute approximate surface area is 360 Å². The smallest absolute Gasteiger partial charge is 0.293 e. The summed E-state index contributed by atoms with van der Waals surface area (Å²) in [6, 6.07) is 10.6. The summed E-state index contributed by atoms with van der Waals surface area (Å²) in [6.07, 6.45) is -3.44. The maximum absolute atomic E-state index is 15.6. The molecule has 1 aliphatic heterocycles. The average molecular weight is 917 g/mol. The third-order valence-corrected chi connectivity index (χ3v) is 12.7. The van der Waals surface area contributed by atoms with Gasteiger partial charge in [0.05, 0.1) is 51.0 Å². The van der Waals surface area contributed by atoms with Crippen LogP contribution in [0.5, 0.6) is 0 Å². The number of carbonyl (C=O) groups is 1. The van der Waals surface area contributed by atoms with E-state index in [1.807, 2.05) is 13.8 Å². The molecule has 3 aromatic carbocycles. The summed E-state index contributed by atoms with van der Waals surface area (Å²) in [5, 5.41) is 8.42. The van der Waals surface area contributed by atoms with Gasteiger partial charge >= 0.3 is 0 Å². The number of ether oxygens (including phenoxy) is 1. The van der Waals surface area contributed by atoms with Crippen molar-refractivity contribution in [1.82, 2.24) is 29.1 Å². The van der Waals surface area contributed by atoms with Gasteiger partial charge in [0.1, 0.15) is 35.4 Å². The molecular formula is C42H39ClF6N8O5S. The first-order valence-electron chi connectivity index (χ1n) is 20.0. The summed E-state index contributed by atoms with van der Waals surface area (Å²) in [7, 11) is -2.41. The Morgan fingerprint density at radius 1 is 1.03 bits per heavy atom. The van der Waals surface area contributed by atoms with E-state index in [0.29, 0.717) is 29.5 Å². The van der Waals surface area contributed by atoms with Gasteiger partial charge in [-0.25, -0.2) is 31.0 Å². The van der Waals surface area contributed by atoms with Gasteiger partial charge in [0, 0.05) is 55.7 Å². The molecule has 6 aromatic rings. The third kappa shape index (κ3) is 7.72. The molecule has 63 heavy (non-hydrogen) atoms. The second kappa shape index (κ2) is 15.4. The number of hydrogen-bond donors (Lipinski definition) is 1. The maximum Gasteiger partial charge on any atom is 0.293 e. The maximum atomic E-state index is 15.6. The summed E-state index contributed by atoms with van der Waals surface area (Å²) in [4.78, 5) is 36.5. The van der Waals surface area contributed by atoms with E-state index >= 15 is 13.6 Å². The summed E-state index contributed by atoms with van der Waals surface area (Å²) in [5.74, 6) is -9.68. The molecule has 3 aliphatic rings. The minimum Gasteiger partial charge on any atom is -0.372 e. The molecule has 0 amide bonds. The molecule has 2 aliphatic carbocycles. The molecule has 1 saturated carbocycles. The molecule has 3 aromatic heterocycles. The molecule has 21 heteroatoms. The number of aromatic nitrogens is 6. The molecule has 332 valence electrons. The van der Waals surface area contributed by atoms with Crippen molar-refractivity contribution in [2.75, 3.05) is 29.0 Å². The van der Waals surface area contributed by atoms with Crippen LogP contribution in [0.2, 0.25) is 5.02 Å². The van der Waals surface area contributed by atoms with E-state index < -0.39 is 87.5 Å². The van der Waals surface area contributed by atoms with Crippen molar-refractivity contribution in [1.29, 1.82) is 0 Å². The van der Waals surface area contributed by atoms with Crippen LogP contribution in [-0.2, 0) is 45.5 Å². The van der Waals surface area contributed by atoms with Crippen LogP contribution in [0.1, 0.15) is 73.3 Å². The van der Waals surface area contributed by atoms with Gasteiger partial charge in [0.2, 0.25) is 10.0 Å². The molecule has 1 saturated heterocycles. The molecule has 2 fully saturated rings. The van der Waals surface area contributed by atoms with Crippen molar-refractivity contribution in [3.05, 3.63) is 104 Å². The molecule has 4 heterocycles. The van der Waals surface area contributed by atoms with Crippen LogP contribution in [0.4, 0.5) is 37.8 Å². The van der Waals surface area contributed by atoms with Gasteiger partial charge in [0.15, 0.2) is 11.6 Å². The number of nitrogens with one attached hydrogen (secondary N) is 1. The van der Waals surface area contributed by atoms with Gasteiger partial charge in [0.25, 0.3) is 17.9 Å². The Morgan fingerprint density at radius 2 is 1.73 bits per heavy atom. The number of aryl methyl sites for hydroxylation is 1. The second-order valence-electron chi connectivity index (χ2n) is 16.7. The predicted octanol–water partition coefficient (Wildman–Crippen LogP) is 7.52. The minimum absolute atomic E-state index is 0.0164. The van der Waals surface area contributed by atoms with Crippen molar-refractivity contribution < 1.29 is 44.3 Å². The second-order valence-corrected chi connectivity index (χ2v) is 18.9. The number of benzene rings is 3. The van der Waals surface area contributed by atoms with E-state index in [9.17, 15) is 30.8 Å². The summed E-state index contributed by atoms with van der Waals surface area (Å²) in [6.45, 7) is 4.02. The van der Waals surface area contributed by atoms with E-state index in [-0.39, 0.29) is 80.3 Å². The number of anilines is 2. The van der Waals surface area contributed by atoms with Gasteiger partial charge in [-0.3, -0.25) is 28.2 Å². The van der Waals surface area contributed by atoms with Crippen LogP contribution < -0.4 is 15.2 Å². The highest BCUT2D eigenvalue weighted by molar-refractivity contribution is 7.92. The topological polar surface area (TPSA) is 146 Å². The highest BCUT2D eigenvalue weighted by Gasteiger charge is 2.67. The zero-order valence-electron chi connectivity index (χ0n) is 34.1. The van der Waals surface area contributed by atoms with E-state index in [1.165, 1.54) is 28.4 Å². The number of fused-ring (bicyclic) bond motifs is 5. The lowest BCUT2D eigenvalue weighted by Gasteiger charge is -2.37. The Morgan fingerprint density at radius 3 is 2.40 bits per heavy atom. The summed E-state index contributed by atoms with van der Waals surface area (Å²) < 4.78 is 125. The van der Waals surface area contributed by atoms with Crippen molar-refractivity contribution in [2.24, 2.45) is 13.0 Å². The predicted molar refractivity (Wildman–Crippen MR) is 222 cm³/mol. The molecule has 0 radical (unpaired) electrons. The largest absolute Gasteiger partial charge is 0.372 e. The lowest BCUT2D eigenvalue weighted by Crippen LogP contribution is -2.45. The number of rotatable bonds is 12. The van der Waals surface area contributed by atoms with Crippen molar-refractivity contribution in [3.63, 3.8) is 0 Å². The highest BCUT2D eigenvalue weighted by Crippen LogP contribution is 2.68. The molecule has 1 N–H and O–H groups in total.